The third kappa shape index (κ3) is 7.33. The highest BCUT2D eigenvalue weighted by atomic mass is 16.6. The molecule has 2 amide bonds. The minimum Gasteiger partial charge on any atom is -0.460 e. The Morgan fingerprint density at radius 1 is 1.00 bits per heavy atom. The third-order valence-corrected chi connectivity index (χ3v) is 2.60. The zero-order chi connectivity index (χ0) is 16.6. The van der Waals surface area contributed by atoms with Crippen LogP contribution in [0.4, 0.5) is 0 Å². The van der Waals surface area contributed by atoms with Gasteiger partial charge in [0.25, 0.3) is 11.8 Å². The van der Waals surface area contributed by atoms with Gasteiger partial charge in [-0.25, -0.2) is 0 Å². The second kappa shape index (κ2) is 8.65. The number of carbonyl (C=O) groups is 3. The molecule has 0 unspecified atom stereocenters. The summed E-state index contributed by atoms with van der Waals surface area (Å²) >= 11 is 0. The lowest BCUT2D eigenvalue weighted by atomic mass is 10.2. The smallest absolute Gasteiger partial charge is 0.308 e. The van der Waals surface area contributed by atoms with Crippen LogP contribution in [0, 0.1) is 0 Å². The average molecular weight is 313 g/mol. The Bertz CT molecular complexity index is 420. The summed E-state index contributed by atoms with van der Waals surface area (Å²) < 4.78 is 15.6. The number of carbonyl (C=O) groups excluding carboxylic acids is 3. The molecule has 0 aromatic heterocycles. The average Bonchev–Trinajstić information content (AvgIpc) is 2.71. The van der Waals surface area contributed by atoms with E-state index in [1.54, 1.807) is 0 Å². The molecule has 0 spiro atoms. The zero-order valence-electron chi connectivity index (χ0n) is 13.3. The zero-order valence-corrected chi connectivity index (χ0v) is 13.3. The highest BCUT2D eigenvalue weighted by Gasteiger charge is 2.22. The van der Waals surface area contributed by atoms with Crippen LogP contribution in [0.25, 0.3) is 0 Å². The van der Waals surface area contributed by atoms with Gasteiger partial charge >= 0.3 is 5.97 Å². The molecule has 7 heteroatoms. The lowest BCUT2D eigenvalue weighted by molar-refractivity contribution is -0.156. The molecule has 0 N–H and O–H groups in total. The van der Waals surface area contributed by atoms with Gasteiger partial charge in [-0.15, -0.1) is 0 Å². The van der Waals surface area contributed by atoms with Crippen molar-refractivity contribution in [3.63, 3.8) is 0 Å². The standard InChI is InChI=1S/C15H23NO6/c1-15(2,3)22-14(19)6-8-20-10-11-21-9-7-16-12(17)4-5-13(16)18/h4-5H,6-11H2,1-3H3. The first-order valence-corrected chi connectivity index (χ1v) is 7.20. The fourth-order valence-electron chi connectivity index (χ4n) is 1.68. The van der Waals surface area contributed by atoms with Crippen LogP contribution in [0.3, 0.4) is 0 Å². The molecular weight excluding hydrogens is 290 g/mol. The van der Waals surface area contributed by atoms with Gasteiger partial charge in [0.05, 0.1) is 39.4 Å². The summed E-state index contributed by atoms with van der Waals surface area (Å²) in [6.07, 6.45) is 2.67. The van der Waals surface area contributed by atoms with E-state index < -0.39 is 5.60 Å². The Morgan fingerprint density at radius 3 is 2.09 bits per heavy atom. The first-order chi connectivity index (χ1) is 10.3. The molecule has 0 aromatic carbocycles. The van der Waals surface area contributed by atoms with Crippen molar-refractivity contribution in [2.75, 3.05) is 33.0 Å². The molecule has 0 saturated carbocycles. The van der Waals surface area contributed by atoms with Crippen LogP contribution in [0.1, 0.15) is 27.2 Å². The van der Waals surface area contributed by atoms with E-state index in [4.69, 9.17) is 14.2 Å². The maximum atomic E-state index is 11.4. The summed E-state index contributed by atoms with van der Waals surface area (Å²) in [5.41, 5.74) is -0.487. The van der Waals surface area contributed by atoms with E-state index in [0.29, 0.717) is 13.2 Å². The summed E-state index contributed by atoms with van der Waals surface area (Å²) in [6, 6.07) is 0. The summed E-state index contributed by atoms with van der Waals surface area (Å²) in [6.45, 7) is 6.85. The monoisotopic (exact) mass is 313 g/mol. The maximum absolute atomic E-state index is 11.4. The second-order valence-corrected chi connectivity index (χ2v) is 5.72. The van der Waals surface area contributed by atoms with Gasteiger partial charge in [0.2, 0.25) is 0 Å². The van der Waals surface area contributed by atoms with Crippen LogP contribution in [-0.2, 0) is 28.6 Å². The van der Waals surface area contributed by atoms with Gasteiger partial charge in [-0.1, -0.05) is 0 Å². The molecule has 0 radical (unpaired) electrons. The van der Waals surface area contributed by atoms with E-state index in [1.165, 1.54) is 12.2 Å². The van der Waals surface area contributed by atoms with Crippen LogP contribution in [0.2, 0.25) is 0 Å². The number of esters is 1. The van der Waals surface area contributed by atoms with Crippen molar-refractivity contribution in [2.45, 2.75) is 32.8 Å². The van der Waals surface area contributed by atoms with Crippen molar-refractivity contribution in [3.8, 4) is 0 Å². The van der Waals surface area contributed by atoms with E-state index in [9.17, 15) is 14.4 Å². The molecule has 7 nitrogen and oxygen atoms in total. The number of hydrogen-bond acceptors (Lipinski definition) is 6. The van der Waals surface area contributed by atoms with E-state index >= 15 is 0 Å². The Kier molecular flexibility index (Phi) is 7.20. The number of ether oxygens (including phenoxy) is 3. The van der Waals surface area contributed by atoms with Gasteiger partial charge in [0.1, 0.15) is 5.60 Å². The molecular formula is C15H23NO6. The Morgan fingerprint density at radius 2 is 1.55 bits per heavy atom. The highest BCUT2D eigenvalue weighted by molar-refractivity contribution is 6.12. The lowest BCUT2D eigenvalue weighted by Crippen LogP contribution is -2.33. The third-order valence-electron chi connectivity index (χ3n) is 2.60. The molecule has 1 heterocycles. The van der Waals surface area contributed by atoms with Gasteiger partial charge in [0.15, 0.2) is 0 Å². The highest BCUT2D eigenvalue weighted by Crippen LogP contribution is 2.08. The number of amides is 2. The van der Waals surface area contributed by atoms with Crippen LogP contribution in [-0.4, -0.2) is 61.3 Å². The largest absolute Gasteiger partial charge is 0.460 e. The van der Waals surface area contributed by atoms with Gasteiger partial charge in [0, 0.05) is 12.2 Å². The topological polar surface area (TPSA) is 82.1 Å². The number of imide groups is 1. The molecule has 124 valence electrons. The molecule has 0 fully saturated rings. The summed E-state index contributed by atoms with van der Waals surface area (Å²) in [5.74, 6) is -0.934. The number of hydrogen-bond donors (Lipinski definition) is 0. The van der Waals surface area contributed by atoms with Crippen LogP contribution < -0.4 is 0 Å². The van der Waals surface area contributed by atoms with Crippen molar-refractivity contribution >= 4 is 17.8 Å². The van der Waals surface area contributed by atoms with Gasteiger partial charge in [-0.05, 0) is 20.8 Å². The molecule has 0 saturated heterocycles. The number of rotatable bonds is 9. The molecule has 0 aliphatic carbocycles. The molecule has 22 heavy (non-hydrogen) atoms. The van der Waals surface area contributed by atoms with Gasteiger partial charge in [-0.2, -0.15) is 0 Å². The molecule has 0 bridgehead atoms. The summed E-state index contributed by atoms with van der Waals surface area (Å²) in [5, 5.41) is 0. The molecule has 1 aliphatic heterocycles. The van der Waals surface area contributed by atoms with Crippen molar-refractivity contribution in [1.82, 2.24) is 4.90 Å². The molecule has 0 atom stereocenters. The number of nitrogens with zero attached hydrogens (tertiary/aromatic N) is 1. The minimum atomic E-state index is -0.487. The lowest BCUT2D eigenvalue weighted by Gasteiger charge is -2.19. The van der Waals surface area contributed by atoms with E-state index in [-0.39, 0.29) is 44.0 Å². The maximum Gasteiger partial charge on any atom is 0.308 e. The fourth-order valence-corrected chi connectivity index (χ4v) is 1.68. The van der Waals surface area contributed by atoms with Gasteiger partial charge in [-0.3, -0.25) is 19.3 Å². The predicted molar refractivity (Wildman–Crippen MR) is 78.0 cm³/mol. The summed E-state index contributed by atoms with van der Waals surface area (Å²) in [4.78, 5) is 35.0. The molecule has 0 aromatic rings. The first kappa shape index (κ1) is 18.3. The quantitative estimate of drug-likeness (QED) is 0.354. The first-order valence-electron chi connectivity index (χ1n) is 7.20. The van der Waals surface area contributed by atoms with Crippen molar-refractivity contribution < 1.29 is 28.6 Å². The fraction of sp³-hybridized carbons (Fsp3) is 0.667. The second-order valence-electron chi connectivity index (χ2n) is 5.72. The van der Waals surface area contributed by atoms with Crippen molar-refractivity contribution in [3.05, 3.63) is 12.2 Å². The Labute approximate surface area is 130 Å². The van der Waals surface area contributed by atoms with E-state index in [2.05, 4.69) is 0 Å². The molecule has 1 aliphatic rings. The molecule has 1 rings (SSSR count). The van der Waals surface area contributed by atoms with E-state index in [1.807, 2.05) is 20.8 Å². The minimum absolute atomic E-state index is 0.194. The normalized spacial score (nSPS) is 14.8. The van der Waals surface area contributed by atoms with E-state index in [0.717, 1.165) is 4.90 Å². The summed E-state index contributed by atoms with van der Waals surface area (Å²) in [7, 11) is 0. The Balaban J connectivity index is 1.95. The predicted octanol–water partition coefficient (Wildman–Crippen LogP) is 0.676. The Hall–Kier alpha value is -1.73. The van der Waals surface area contributed by atoms with Gasteiger partial charge < -0.3 is 14.2 Å². The van der Waals surface area contributed by atoms with Crippen LogP contribution >= 0.6 is 0 Å². The van der Waals surface area contributed by atoms with Crippen LogP contribution in [0.15, 0.2) is 12.2 Å². The van der Waals surface area contributed by atoms with Crippen molar-refractivity contribution in [1.29, 1.82) is 0 Å². The van der Waals surface area contributed by atoms with Crippen LogP contribution in [0.5, 0.6) is 0 Å². The van der Waals surface area contributed by atoms with Crippen molar-refractivity contribution in [2.24, 2.45) is 0 Å². The SMILES string of the molecule is CC(C)(C)OC(=O)CCOCCOCCN1C(=O)C=CC1=O.